The van der Waals surface area contributed by atoms with Gasteiger partial charge in [0.15, 0.2) is 17.4 Å². The van der Waals surface area contributed by atoms with E-state index in [9.17, 15) is 0 Å². The van der Waals surface area contributed by atoms with Crippen LogP contribution in [0, 0.1) is 0 Å². The molecule has 0 radical (unpaired) electrons. The van der Waals surface area contributed by atoms with E-state index in [2.05, 4.69) is 64.5 Å². The van der Waals surface area contributed by atoms with Gasteiger partial charge in [-0.05, 0) is 16.7 Å². The first-order valence-corrected chi connectivity index (χ1v) is 8.30. The van der Waals surface area contributed by atoms with Gasteiger partial charge >= 0.3 is 0 Å². The molecule has 1 aliphatic rings. The topological polar surface area (TPSA) is 9.23 Å². The van der Waals surface area contributed by atoms with E-state index in [0.717, 1.165) is 0 Å². The molecule has 18 heavy (non-hydrogen) atoms. The summed E-state index contributed by atoms with van der Waals surface area (Å²) in [5.41, 5.74) is 4.34. The Hall–Kier alpha value is -0.890. The highest BCUT2D eigenvalue weighted by atomic mass is 32.2. The van der Waals surface area contributed by atoms with E-state index >= 15 is 0 Å². The Morgan fingerprint density at radius 1 is 0.944 bits per heavy atom. The molecular weight excluding hydrogens is 240 g/mol. The first kappa shape index (κ1) is 13.5. The van der Waals surface area contributed by atoms with Gasteiger partial charge in [-0.25, -0.2) is 0 Å². The molecule has 0 fully saturated rings. The lowest BCUT2D eigenvalue weighted by Gasteiger charge is -2.27. The Labute approximate surface area is 114 Å². The number of benzene rings is 1. The zero-order valence-electron chi connectivity index (χ0n) is 12.2. The molecule has 0 bridgehead atoms. The summed E-state index contributed by atoms with van der Waals surface area (Å²) >= 11 is -0.0197. The fraction of sp³-hybridized carbons (Fsp3) is 0.500. The number of hydrogen-bond acceptors (Lipinski definition) is 1. The van der Waals surface area contributed by atoms with Gasteiger partial charge in [0.25, 0.3) is 0 Å². The highest BCUT2D eigenvalue weighted by Crippen LogP contribution is 2.53. The highest BCUT2D eigenvalue weighted by molar-refractivity contribution is 7.91. The Balaban J connectivity index is 2.55. The van der Waals surface area contributed by atoms with Crippen LogP contribution in [0.25, 0.3) is 0 Å². The molecule has 1 nitrogen and oxygen atoms in total. The second-order valence-corrected chi connectivity index (χ2v) is 7.84. The van der Waals surface area contributed by atoms with E-state index in [-0.39, 0.29) is 22.0 Å². The SMILES string of the molecule is C[S+](C)OC=C1C(C)(C)c2ccccc2C1(C)C. The second kappa shape index (κ2) is 4.34. The molecule has 0 aromatic heterocycles. The minimum absolute atomic E-state index is 0.0197. The van der Waals surface area contributed by atoms with Gasteiger partial charge in [0.05, 0.1) is 0 Å². The minimum Gasteiger partial charge on any atom is -0.294 e. The van der Waals surface area contributed by atoms with Crippen LogP contribution in [-0.4, -0.2) is 12.5 Å². The van der Waals surface area contributed by atoms with E-state index in [1.165, 1.54) is 16.7 Å². The average Bonchev–Trinajstić information content (AvgIpc) is 2.42. The van der Waals surface area contributed by atoms with Crippen LogP contribution in [0.15, 0.2) is 36.1 Å². The lowest BCUT2D eigenvalue weighted by molar-refractivity contribution is 0.477. The standard InChI is InChI=1S/C16H23OS/c1-15(2)12-9-7-8-10-13(12)16(3,4)14(15)11-17-18(5)6/h7-11H,1-6H3/q+1. The van der Waals surface area contributed by atoms with Crippen molar-refractivity contribution in [3.05, 3.63) is 47.2 Å². The predicted molar refractivity (Wildman–Crippen MR) is 80.9 cm³/mol. The molecule has 0 atom stereocenters. The third kappa shape index (κ3) is 1.97. The summed E-state index contributed by atoms with van der Waals surface area (Å²) < 4.78 is 5.79. The Morgan fingerprint density at radius 2 is 1.39 bits per heavy atom. The molecule has 1 aromatic carbocycles. The van der Waals surface area contributed by atoms with Crippen molar-refractivity contribution in [1.82, 2.24) is 0 Å². The lowest BCUT2D eigenvalue weighted by Crippen LogP contribution is -2.24. The van der Waals surface area contributed by atoms with Gasteiger partial charge < -0.3 is 0 Å². The summed E-state index contributed by atoms with van der Waals surface area (Å²) in [5.74, 6) is 0. The molecule has 2 rings (SSSR count). The summed E-state index contributed by atoms with van der Waals surface area (Å²) in [4.78, 5) is 0. The maximum atomic E-state index is 5.79. The average molecular weight is 263 g/mol. The molecule has 0 amide bonds. The Bertz CT molecular complexity index is 447. The number of fused-ring (bicyclic) bond motifs is 1. The van der Waals surface area contributed by atoms with Gasteiger partial charge in [-0.1, -0.05) is 52.0 Å². The van der Waals surface area contributed by atoms with Gasteiger partial charge in [0, 0.05) is 10.8 Å². The van der Waals surface area contributed by atoms with Crippen LogP contribution in [0.1, 0.15) is 38.8 Å². The molecule has 98 valence electrons. The summed E-state index contributed by atoms with van der Waals surface area (Å²) in [5, 5.41) is 0. The van der Waals surface area contributed by atoms with E-state index in [1.807, 2.05) is 6.26 Å². The van der Waals surface area contributed by atoms with Crippen molar-refractivity contribution < 1.29 is 4.18 Å². The molecule has 0 saturated heterocycles. The third-order valence-corrected chi connectivity index (χ3v) is 4.46. The van der Waals surface area contributed by atoms with E-state index in [4.69, 9.17) is 4.18 Å². The molecule has 0 aliphatic heterocycles. The maximum Gasteiger partial charge on any atom is 0.190 e. The number of allylic oxidation sites excluding steroid dienone is 1. The van der Waals surface area contributed by atoms with Crippen molar-refractivity contribution >= 4 is 11.2 Å². The summed E-state index contributed by atoms with van der Waals surface area (Å²) in [6, 6.07) is 8.75. The molecule has 0 spiro atoms. The fourth-order valence-corrected chi connectivity index (χ4v) is 3.37. The van der Waals surface area contributed by atoms with E-state index in [1.54, 1.807) is 0 Å². The normalized spacial score (nSPS) is 19.8. The van der Waals surface area contributed by atoms with Crippen LogP contribution >= 0.6 is 0 Å². The fourth-order valence-electron chi connectivity index (χ4n) is 3.08. The highest BCUT2D eigenvalue weighted by Gasteiger charge is 2.47. The largest absolute Gasteiger partial charge is 0.294 e. The van der Waals surface area contributed by atoms with Crippen molar-refractivity contribution in [2.45, 2.75) is 38.5 Å². The van der Waals surface area contributed by atoms with Crippen molar-refractivity contribution in [1.29, 1.82) is 0 Å². The second-order valence-electron chi connectivity index (χ2n) is 6.16. The van der Waals surface area contributed by atoms with Crippen molar-refractivity contribution in [3.63, 3.8) is 0 Å². The molecular formula is C16H23OS+. The molecule has 2 heteroatoms. The first-order valence-electron chi connectivity index (χ1n) is 6.33. The zero-order valence-corrected chi connectivity index (χ0v) is 13.0. The number of rotatable bonds is 2. The van der Waals surface area contributed by atoms with E-state index in [0.29, 0.717) is 0 Å². The molecule has 0 N–H and O–H groups in total. The summed E-state index contributed by atoms with van der Waals surface area (Å²) in [7, 11) is 0. The quantitative estimate of drug-likeness (QED) is 0.580. The maximum absolute atomic E-state index is 5.79. The molecule has 1 aliphatic carbocycles. The summed E-state index contributed by atoms with van der Waals surface area (Å²) in [6.07, 6.45) is 6.20. The van der Waals surface area contributed by atoms with Gasteiger partial charge in [-0.15, -0.1) is 0 Å². The lowest BCUT2D eigenvalue weighted by atomic mass is 9.76. The molecule has 0 unspecified atom stereocenters. The van der Waals surface area contributed by atoms with Crippen molar-refractivity contribution in [3.8, 4) is 0 Å². The predicted octanol–water partition coefficient (Wildman–Crippen LogP) is 3.95. The van der Waals surface area contributed by atoms with Gasteiger partial charge in [-0.2, -0.15) is 0 Å². The van der Waals surface area contributed by atoms with Crippen molar-refractivity contribution in [2.75, 3.05) is 12.5 Å². The van der Waals surface area contributed by atoms with E-state index < -0.39 is 0 Å². The third-order valence-electron chi connectivity index (χ3n) is 3.98. The molecule has 0 saturated carbocycles. The van der Waals surface area contributed by atoms with Gasteiger partial charge in [0.1, 0.15) is 12.5 Å². The Kier molecular flexibility index (Phi) is 3.26. The molecule has 1 aromatic rings. The number of hydrogen-bond donors (Lipinski definition) is 0. The van der Waals surface area contributed by atoms with Crippen LogP contribution in [-0.2, 0) is 26.2 Å². The zero-order chi connectivity index (χ0) is 13.6. The van der Waals surface area contributed by atoms with Crippen molar-refractivity contribution in [2.24, 2.45) is 0 Å². The van der Waals surface area contributed by atoms with Gasteiger partial charge in [-0.3, -0.25) is 4.18 Å². The Morgan fingerprint density at radius 3 is 1.78 bits per heavy atom. The monoisotopic (exact) mass is 263 g/mol. The van der Waals surface area contributed by atoms with Crippen LogP contribution in [0.3, 0.4) is 0 Å². The van der Waals surface area contributed by atoms with Crippen LogP contribution in [0.5, 0.6) is 0 Å². The smallest absolute Gasteiger partial charge is 0.190 e. The van der Waals surface area contributed by atoms with Crippen LogP contribution < -0.4 is 0 Å². The van der Waals surface area contributed by atoms with Gasteiger partial charge in [0.2, 0.25) is 0 Å². The molecule has 0 heterocycles. The van der Waals surface area contributed by atoms with Crippen LogP contribution in [0.2, 0.25) is 0 Å². The minimum atomic E-state index is -0.0197. The summed E-state index contributed by atoms with van der Waals surface area (Å²) in [6.45, 7) is 9.16. The van der Waals surface area contributed by atoms with Crippen LogP contribution in [0.4, 0.5) is 0 Å². The first-order chi connectivity index (χ1) is 8.28.